The molecule has 0 atom stereocenters. The number of hydrogen-bond donors (Lipinski definition) is 1. The van der Waals surface area contributed by atoms with Crippen LogP contribution in [0.3, 0.4) is 0 Å². The van der Waals surface area contributed by atoms with Gasteiger partial charge in [0, 0.05) is 16.3 Å². The van der Waals surface area contributed by atoms with Crippen LogP contribution in [0.2, 0.25) is 5.02 Å². The van der Waals surface area contributed by atoms with E-state index in [4.69, 9.17) is 20.5 Å². The number of aryl methyl sites for hydroxylation is 2. The highest BCUT2D eigenvalue weighted by atomic mass is 35.5. The molecule has 0 unspecified atom stereocenters. The van der Waals surface area contributed by atoms with E-state index < -0.39 is 16.0 Å². The predicted octanol–water partition coefficient (Wildman–Crippen LogP) is 6.40. The van der Waals surface area contributed by atoms with E-state index in [2.05, 4.69) is 11.9 Å². The zero-order valence-electron chi connectivity index (χ0n) is 21.2. The predicted molar refractivity (Wildman–Crippen MR) is 149 cm³/mol. The fourth-order valence-electron chi connectivity index (χ4n) is 3.65. The van der Waals surface area contributed by atoms with E-state index in [-0.39, 0.29) is 35.0 Å². The quantitative estimate of drug-likeness (QED) is 0.135. The number of nitrogens with one attached hydrogen (secondary N) is 1. The van der Waals surface area contributed by atoms with Gasteiger partial charge in [-0.1, -0.05) is 35.4 Å². The van der Waals surface area contributed by atoms with Crippen molar-refractivity contribution >= 4 is 39.4 Å². The van der Waals surface area contributed by atoms with Crippen molar-refractivity contribution in [3.63, 3.8) is 0 Å². The smallest absolute Gasteiger partial charge is 0.339 e. The van der Waals surface area contributed by atoms with E-state index in [0.29, 0.717) is 21.8 Å². The van der Waals surface area contributed by atoms with Crippen LogP contribution in [0, 0.1) is 25.2 Å². The lowest BCUT2D eigenvalue weighted by Crippen LogP contribution is -2.14. The summed E-state index contributed by atoms with van der Waals surface area (Å²) in [5, 5.41) is 12.9. The van der Waals surface area contributed by atoms with Gasteiger partial charge < -0.3 is 14.2 Å². The van der Waals surface area contributed by atoms with Gasteiger partial charge in [0.05, 0.1) is 6.61 Å². The van der Waals surface area contributed by atoms with Crippen LogP contribution in [-0.2, 0) is 21.3 Å². The van der Waals surface area contributed by atoms with Crippen LogP contribution in [-0.4, -0.2) is 20.9 Å². The number of allylic oxidation sites excluding steroid dienone is 1. The van der Waals surface area contributed by atoms with Crippen LogP contribution < -0.4 is 14.2 Å². The molecule has 38 heavy (non-hydrogen) atoms. The van der Waals surface area contributed by atoms with Crippen LogP contribution in [0.5, 0.6) is 11.5 Å². The second-order valence-electron chi connectivity index (χ2n) is 8.37. The number of carbonyl (C=O) groups excluding carboxylic acids is 1. The topological polar surface area (TPSA) is 105 Å². The van der Waals surface area contributed by atoms with Crippen LogP contribution in [0.15, 0.2) is 77.7 Å². The molecule has 0 bridgehead atoms. The van der Waals surface area contributed by atoms with E-state index in [1.807, 2.05) is 32.0 Å². The van der Waals surface area contributed by atoms with Crippen LogP contribution >= 0.6 is 11.6 Å². The van der Waals surface area contributed by atoms with Crippen LogP contribution in [0.25, 0.3) is 6.08 Å². The lowest BCUT2D eigenvalue weighted by atomic mass is 10.0. The summed E-state index contributed by atoms with van der Waals surface area (Å²) in [6, 6.07) is 16.2. The number of ether oxygens (including phenoxy) is 1. The highest BCUT2D eigenvalue weighted by molar-refractivity contribution is 7.87. The number of nitriles is 1. The molecule has 0 saturated heterocycles. The van der Waals surface area contributed by atoms with Crippen molar-refractivity contribution in [1.29, 1.82) is 5.26 Å². The average Bonchev–Trinajstić information content (AvgIpc) is 2.86. The first kappa shape index (κ1) is 28.5. The Kier molecular flexibility index (Phi) is 9.35. The lowest BCUT2D eigenvalue weighted by molar-refractivity contribution is -0.112. The third-order valence-electron chi connectivity index (χ3n) is 5.42. The Balaban J connectivity index is 2.02. The molecule has 0 radical (unpaired) electrons. The number of amides is 1. The Morgan fingerprint density at radius 2 is 1.84 bits per heavy atom. The monoisotopic (exact) mass is 550 g/mol. The van der Waals surface area contributed by atoms with Crippen molar-refractivity contribution in [3.05, 3.63) is 100 Å². The highest BCUT2D eigenvalue weighted by Gasteiger charge is 2.23. The fourth-order valence-corrected chi connectivity index (χ4v) is 4.75. The fraction of sp³-hybridized carbons (Fsp3) is 0.172. The second-order valence-corrected chi connectivity index (χ2v) is 10.3. The van der Waals surface area contributed by atoms with Gasteiger partial charge in [-0.05, 0) is 86.9 Å². The largest absolute Gasteiger partial charge is 0.490 e. The minimum Gasteiger partial charge on any atom is -0.490 e. The van der Waals surface area contributed by atoms with E-state index in [9.17, 15) is 18.5 Å². The summed E-state index contributed by atoms with van der Waals surface area (Å²) < 4.78 is 37.2. The number of hydrogen-bond acceptors (Lipinski definition) is 6. The standard InChI is InChI=1S/C29H27ClN2O5S/c1-5-7-22-15-21(16-23(18-31)29(33)32-26-13-8-19(3)14-20(26)4)17-27(36-6-2)28(22)37-38(34,35)25-11-9-24(30)10-12-25/h5,8-17H,1,6-7H2,2-4H3,(H,32,33)/b23-16+. The summed E-state index contributed by atoms with van der Waals surface area (Å²) >= 11 is 5.88. The Morgan fingerprint density at radius 3 is 2.45 bits per heavy atom. The number of nitrogens with zero attached hydrogens (tertiary/aromatic N) is 1. The molecule has 3 aromatic rings. The average molecular weight is 551 g/mol. The molecule has 3 aromatic carbocycles. The number of anilines is 1. The SMILES string of the molecule is C=CCc1cc(/C=C(\C#N)C(=O)Nc2ccc(C)cc2C)cc(OCC)c1OS(=O)(=O)c1ccc(Cl)cc1. The van der Waals surface area contributed by atoms with Crippen molar-refractivity contribution in [2.45, 2.75) is 32.1 Å². The summed E-state index contributed by atoms with van der Waals surface area (Å²) in [6.45, 7) is 9.52. The molecule has 0 aliphatic carbocycles. The first-order chi connectivity index (χ1) is 18.1. The van der Waals surface area contributed by atoms with E-state index in [0.717, 1.165) is 11.1 Å². The van der Waals surface area contributed by atoms with E-state index >= 15 is 0 Å². The van der Waals surface area contributed by atoms with Crippen molar-refractivity contribution in [2.75, 3.05) is 11.9 Å². The van der Waals surface area contributed by atoms with Gasteiger partial charge in [0.15, 0.2) is 11.5 Å². The minimum absolute atomic E-state index is 0.00270. The summed E-state index contributed by atoms with van der Waals surface area (Å²) in [4.78, 5) is 12.8. The molecule has 0 spiro atoms. The summed E-state index contributed by atoms with van der Waals surface area (Å²) in [5.41, 5.74) is 3.27. The molecule has 1 amide bonds. The first-order valence-electron chi connectivity index (χ1n) is 11.7. The molecule has 1 N–H and O–H groups in total. The Morgan fingerprint density at radius 1 is 1.13 bits per heavy atom. The van der Waals surface area contributed by atoms with Gasteiger partial charge in [0.1, 0.15) is 16.5 Å². The van der Waals surface area contributed by atoms with Gasteiger partial charge in [0.2, 0.25) is 0 Å². The summed E-state index contributed by atoms with van der Waals surface area (Å²) in [6.07, 6.45) is 3.23. The van der Waals surface area contributed by atoms with Crippen molar-refractivity contribution in [2.24, 2.45) is 0 Å². The van der Waals surface area contributed by atoms with Crippen molar-refractivity contribution in [1.82, 2.24) is 0 Å². The Bertz CT molecular complexity index is 1540. The zero-order valence-corrected chi connectivity index (χ0v) is 22.8. The van der Waals surface area contributed by atoms with Crippen molar-refractivity contribution in [3.8, 4) is 17.6 Å². The van der Waals surface area contributed by atoms with Crippen LogP contribution in [0.4, 0.5) is 5.69 Å². The molecule has 196 valence electrons. The van der Waals surface area contributed by atoms with Crippen molar-refractivity contribution < 1.29 is 22.1 Å². The minimum atomic E-state index is -4.21. The molecule has 7 nitrogen and oxygen atoms in total. The highest BCUT2D eigenvalue weighted by Crippen LogP contribution is 2.37. The Labute approximate surface area is 228 Å². The molecule has 0 fully saturated rings. The molecular formula is C29H27ClN2O5S. The number of carbonyl (C=O) groups is 1. The number of benzene rings is 3. The zero-order chi connectivity index (χ0) is 27.9. The van der Waals surface area contributed by atoms with Crippen LogP contribution in [0.1, 0.15) is 29.2 Å². The first-order valence-corrected chi connectivity index (χ1v) is 13.5. The van der Waals surface area contributed by atoms with Gasteiger partial charge in [-0.25, -0.2) is 0 Å². The third-order valence-corrected chi connectivity index (χ3v) is 6.91. The summed E-state index contributed by atoms with van der Waals surface area (Å²) in [7, 11) is -4.21. The molecule has 0 aromatic heterocycles. The van der Waals surface area contributed by atoms with Gasteiger partial charge in [0.25, 0.3) is 5.91 Å². The molecule has 0 aliphatic rings. The van der Waals surface area contributed by atoms with Gasteiger partial charge >= 0.3 is 10.1 Å². The lowest BCUT2D eigenvalue weighted by Gasteiger charge is -2.16. The van der Waals surface area contributed by atoms with Gasteiger partial charge in [-0.3, -0.25) is 4.79 Å². The molecule has 9 heteroatoms. The molecule has 3 rings (SSSR count). The second kappa shape index (κ2) is 12.5. The van der Waals surface area contributed by atoms with E-state index in [1.54, 1.807) is 25.1 Å². The van der Waals surface area contributed by atoms with Gasteiger partial charge in [-0.2, -0.15) is 13.7 Å². The maximum Gasteiger partial charge on any atom is 0.339 e. The molecule has 0 saturated carbocycles. The maximum atomic E-state index is 13.0. The third kappa shape index (κ3) is 7.03. The van der Waals surface area contributed by atoms with E-state index in [1.165, 1.54) is 36.4 Å². The molecule has 0 heterocycles. The Hall–Kier alpha value is -4.06. The van der Waals surface area contributed by atoms with Gasteiger partial charge in [-0.15, -0.1) is 6.58 Å². The number of rotatable bonds is 10. The normalized spacial score (nSPS) is 11.4. The maximum absolute atomic E-state index is 13.0. The molecule has 0 aliphatic heterocycles. The summed E-state index contributed by atoms with van der Waals surface area (Å²) in [5.74, 6) is -0.437. The molecular weight excluding hydrogens is 524 g/mol. The number of halogens is 1.